The number of guanidine groups is 1. The Morgan fingerprint density at radius 3 is 2.41 bits per heavy atom. The number of aliphatic imine (C=N–C) groups is 1. The van der Waals surface area contributed by atoms with Gasteiger partial charge in [-0.3, -0.25) is 4.99 Å². The molecule has 3 nitrogen and oxygen atoms in total. The van der Waals surface area contributed by atoms with E-state index in [0.717, 1.165) is 31.5 Å². The van der Waals surface area contributed by atoms with E-state index in [2.05, 4.69) is 15.6 Å². The van der Waals surface area contributed by atoms with Crippen molar-refractivity contribution in [3.05, 3.63) is 0 Å². The van der Waals surface area contributed by atoms with Crippen LogP contribution in [0.25, 0.3) is 0 Å². The highest BCUT2D eigenvalue weighted by Crippen LogP contribution is 2.21. The summed E-state index contributed by atoms with van der Waals surface area (Å²) in [6, 6.07) is 0. The fourth-order valence-corrected chi connectivity index (χ4v) is 2.64. The highest BCUT2D eigenvalue weighted by Gasteiger charge is 2.12. The third-order valence-electron chi connectivity index (χ3n) is 3.68. The molecular weight excluding hydrogens is 325 g/mol. The first-order valence-electron chi connectivity index (χ1n) is 6.97. The Balaban J connectivity index is 0.00000144. The Morgan fingerprint density at radius 1 is 1.06 bits per heavy atom. The predicted molar refractivity (Wildman–Crippen MR) is 84.1 cm³/mol. The standard InChI is InChI=1S/C13H25N3.HI/c1-2-4-7-12(8-5-3-1)11-16-13-14-9-6-10-15-13;/h12H,1-11H2,(H2,14,15,16);1H. The molecule has 2 aliphatic rings. The normalized spacial score (nSPS) is 22.5. The number of halogens is 1. The van der Waals surface area contributed by atoms with Crippen molar-refractivity contribution in [3.8, 4) is 0 Å². The van der Waals surface area contributed by atoms with E-state index >= 15 is 0 Å². The maximum Gasteiger partial charge on any atom is 0.191 e. The molecule has 0 amide bonds. The van der Waals surface area contributed by atoms with E-state index in [9.17, 15) is 0 Å². The molecule has 0 aromatic rings. The minimum absolute atomic E-state index is 0. The topological polar surface area (TPSA) is 36.4 Å². The molecule has 0 radical (unpaired) electrons. The molecule has 4 heteroatoms. The third kappa shape index (κ3) is 5.93. The molecule has 0 saturated heterocycles. The van der Waals surface area contributed by atoms with Crippen LogP contribution in [0.4, 0.5) is 0 Å². The molecule has 1 aliphatic heterocycles. The maximum atomic E-state index is 4.45. The van der Waals surface area contributed by atoms with E-state index in [1.807, 2.05) is 0 Å². The molecular formula is C13H26IN3. The highest BCUT2D eigenvalue weighted by molar-refractivity contribution is 14.0. The van der Waals surface area contributed by atoms with Gasteiger partial charge < -0.3 is 10.6 Å². The number of hydrogen-bond acceptors (Lipinski definition) is 3. The van der Waals surface area contributed by atoms with Crippen molar-refractivity contribution >= 4 is 29.9 Å². The van der Waals surface area contributed by atoms with Gasteiger partial charge in [0.25, 0.3) is 0 Å². The van der Waals surface area contributed by atoms with Crippen LogP contribution in [-0.2, 0) is 0 Å². The van der Waals surface area contributed by atoms with Gasteiger partial charge in [-0.25, -0.2) is 0 Å². The average Bonchev–Trinajstić information content (AvgIpc) is 2.29. The Bertz CT molecular complexity index is 223. The van der Waals surface area contributed by atoms with Crippen LogP contribution in [0, 0.1) is 5.92 Å². The van der Waals surface area contributed by atoms with Gasteiger partial charge in [0.15, 0.2) is 5.96 Å². The lowest BCUT2D eigenvalue weighted by Crippen LogP contribution is -2.42. The van der Waals surface area contributed by atoms with Crippen LogP contribution in [0.2, 0.25) is 0 Å². The fourth-order valence-electron chi connectivity index (χ4n) is 2.64. The number of nitrogens with one attached hydrogen (secondary N) is 2. The Labute approximate surface area is 122 Å². The molecule has 1 heterocycles. The average molecular weight is 351 g/mol. The lowest BCUT2D eigenvalue weighted by atomic mass is 9.91. The van der Waals surface area contributed by atoms with Gasteiger partial charge in [0.2, 0.25) is 0 Å². The minimum Gasteiger partial charge on any atom is -0.356 e. The molecule has 2 rings (SSSR count). The summed E-state index contributed by atoms with van der Waals surface area (Å²) in [6.07, 6.45) is 11.2. The summed E-state index contributed by atoms with van der Waals surface area (Å²) in [6.45, 7) is 3.18. The van der Waals surface area contributed by atoms with Gasteiger partial charge in [-0.2, -0.15) is 0 Å². The molecule has 1 fully saturated rings. The van der Waals surface area contributed by atoms with Gasteiger partial charge in [0, 0.05) is 19.6 Å². The van der Waals surface area contributed by atoms with Crippen molar-refractivity contribution in [2.75, 3.05) is 19.6 Å². The van der Waals surface area contributed by atoms with Crippen LogP contribution in [0.1, 0.15) is 51.4 Å². The molecule has 17 heavy (non-hydrogen) atoms. The van der Waals surface area contributed by atoms with Crippen molar-refractivity contribution in [2.45, 2.75) is 51.4 Å². The van der Waals surface area contributed by atoms with Gasteiger partial charge in [-0.15, -0.1) is 24.0 Å². The SMILES string of the molecule is C1CCCC(CNC2=NCCCN2)CCC1.I. The van der Waals surface area contributed by atoms with Crippen LogP contribution in [0.3, 0.4) is 0 Å². The van der Waals surface area contributed by atoms with Gasteiger partial charge >= 0.3 is 0 Å². The summed E-state index contributed by atoms with van der Waals surface area (Å²) < 4.78 is 0. The monoisotopic (exact) mass is 351 g/mol. The Hall–Kier alpha value is 0. The van der Waals surface area contributed by atoms with E-state index in [1.54, 1.807) is 0 Å². The van der Waals surface area contributed by atoms with Crippen LogP contribution in [0.5, 0.6) is 0 Å². The van der Waals surface area contributed by atoms with Crippen LogP contribution < -0.4 is 10.6 Å². The van der Waals surface area contributed by atoms with Gasteiger partial charge in [-0.05, 0) is 25.2 Å². The maximum absolute atomic E-state index is 4.45. The van der Waals surface area contributed by atoms with Crippen LogP contribution in [-0.4, -0.2) is 25.6 Å². The molecule has 0 atom stereocenters. The molecule has 1 aliphatic carbocycles. The largest absolute Gasteiger partial charge is 0.356 e. The molecule has 0 bridgehead atoms. The van der Waals surface area contributed by atoms with Crippen LogP contribution in [0.15, 0.2) is 4.99 Å². The summed E-state index contributed by atoms with van der Waals surface area (Å²) in [7, 11) is 0. The Kier molecular flexibility index (Phi) is 7.97. The zero-order valence-electron chi connectivity index (χ0n) is 10.7. The number of hydrogen-bond donors (Lipinski definition) is 2. The van der Waals surface area contributed by atoms with E-state index in [4.69, 9.17) is 0 Å². The van der Waals surface area contributed by atoms with Gasteiger partial charge in [0.1, 0.15) is 0 Å². The summed E-state index contributed by atoms with van der Waals surface area (Å²) in [5.74, 6) is 1.90. The fraction of sp³-hybridized carbons (Fsp3) is 0.923. The van der Waals surface area contributed by atoms with Gasteiger partial charge in [-0.1, -0.05) is 32.1 Å². The smallest absolute Gasteiger partial charge is 0.191 e. The number of rotatable bonds is 2. The van der Waals surface area contributed by atoms with E-state index in [0.29, 0.717) is 0 Å². The zero-order chi connectivity index (χ0) is 11.1. The molecule has 0 aromatic carbocycles. The first-order chi connectivity index (χ1) is 7.95. The van der Waals surface area contributed by atoms with Crippen molar-refractivity contribution in [2.24, 2.45) is 10.9 Å². The molecule has 0 unspecified atom stereocenters. The Morgan fingerprint density at radius 2 is 1.76 bits per heavy atom. The van der Waals surface area contributed by atoms with Crippen molar-refractivity contribution in [1.82, 2.24) is 10.6 Å². The molecule has 100 valence electrons. The van der Waals surface area contributed by atoms with Crippen molar-refractivity contribution < 1.29 is 0 Å². The molecule has 1 saturated carbocycles. The van der Waals surface area contributed by atoms with Gasteiger partial charge in [0.05, 0.1) is 0 Å². The third-order valence-corrected chi connectivity index (χ3v) is 3.68. The summed E-state index contributed by atoms with van der Waals surface area (Å²) in [5, 5.41) is 6.80. The second-order valence-corrected chi connectivity index (χ2v) is 5.10. The summed E-state index contributed by atoms with van der Waals surface area (Å²) in [4.78, 5) is 4.45. The minimum atomic E-state index is 0. The van der Waals surface area contributed by atoms with E-state index < -0.39 is 0 Å². The lowest BCUT2D eigenvalue weighted by Gasteiger charge is -2.22. The van der Waals surface area contributed by atoms with Crippen molar-refractivity contribution in [3.63, 3.8) is 0 Å². The number of nitrogens with zero attached hydrogens (tertiary/aromatic N) is 1. The molecule has 0 aromatic heterocycles. The predicted octanol–water partition coefficient (Wildman–Crippen LogP) is 2.90. The zero-order valence-corrected chi connectivity index (χ0v) is 13.0. The quantitative estimate of drug-likeness (QED) is 0.751. The summed E-state index contributed by atoms with van der Waals surface area (Å²) in [5.41, 5.74) is 0. The van der Waals surface area contributed by atoms with Crippen LogP contribution >= 0.6 is 24.0 Å². The molecule has 0 spiro atoms. The second-order valence-electron chi connectivity index (χ2n) is 5.10. The first kappa shape index (κ1) is 15.1. The first-order valence-corrected chi connectivity index (χ1v) is 6.97. The lowest BCUT2D eigenvalue weighted by molar-refractivity contribution is 0.374. The summed E-state index contributed by atoms with van der Waals surface area (Å²) >= 11 is 0. The van der Waals surface area contributed by atoms with E-state index in [1.165, 1.54) is 51.4 Å². The van der Waals surface area contributed by atoms with Crippen molar-refractivity contribution in [1.29, 1.82) is 0 Å². The highest BCUT2D eigenvalue weighted by atomic mass is 127. The second kappa shape index (κ2) is 9.00. The molecule has 2 N–H and O–H groups in total. The van der Waals surface area contributed by atoms with E-state index in [-0.39, 0.29) is 24.0 Å².